The highest BCUT2D eigenvalue weighted by Gasteiger charge is 2.37. The third-order valence-electron chi connectivity index (χ3n) is 4.38. The third kappa shape index (κ3) is 5.30. The average Bonchev–Trinajstić information content (AvgIpc) is 3.21. The largest absolute Gasteiger partial charge is 0.469 e. The van der Waals surface area contributed by atoms with Gasteiger partial charge >= 0.3 is 5.97 Å². The van der Waals surface area contributed by atoms with Crippen molar-refractivity contribution in [2.45, 2.75) is 39.5 Å². The second-order valence-electron chi connectivity index (χ2n) is 6.27. The Hall–Kier alpha value is -0.530. The molecule has 0 spiro atoms. The molecule has 0 aromatic rings. The average molecular weight is 409 g/mol. The van der Waals surface area contributed by atoms with E-state index in [1.807, 2.05) is 0 Å². The van der Waals surface area contributed by atoms with Crippen LogP contribution in [0.1, 0.15) is 39.5 Å². The zero-order chi connectivity index (χ0) is 14.6. The van der Waals surface area contributed by atoms with Gasteiger partial charge in [-0.25, -0.2) is 0 Å². The molecule has 2 fully saturated rings. The summed E-state index contributed by atoms with van der Waals surface area (Å²) in [7, 11) is 1.47. The minimum atomic E-state index is -0.0721. The van der Waals surface area contributed by atoms with Crippen molar-refractivity contribution in [2.75, 3.05) is 33.3 Å². The molecule has 0 unspecified atom stereocenters. The van der Waals surface area contributed by atoms with E-state index in [1.54, 1.807) is 0 Å². The Kier molecular flexibility index (Phi) is 7.23. The molecule has 2 aliphatic rings. The summed E-state index contributed by atoms with van der Waals surface area (Å²) >= 11 is 0. The van der Waals surface area contributed by atoms with Gasteiger partial charge in [-0.2, -0.15) is 0 Å². The topological polar surface area (TPSA) is 53.9 Å². The number of likely N-dealkylation sites (tertiary alicyclic amines) is 1. The van der Waals surface area contributed by atoms with Gasteiger partial charge in [0.15, 0.2) is 5.96 Å². The molecule has 1 aliphatic carbocycles. The molecular weight excluding hydrogens is 381 g/mol. The van der Waals surface area contributed by atoms with Gasteiger partial charge in [0.25, 0.3) is 0 Å². The quantitative estimate of drug-likeness (QED) is 0.335. The summed E-state index contributed by atoms with van der Waals surface area (Å²) in [6.07, 6.45) is 4.29. The van der Waals surface area contributed by atoms with Crippen molar-refractivity contribution >= 4 is 35.9 Å². The lowest BCUT2D eigenvalue weighted by Crippen LogP contribution is -2.46. The fourth-order valence-corrected chi connectivity index (χ4v) is 2.56. The van der Waals surface area contributed by atoms with Crippen molar-refractivity contribution in [3.63, 3.8) is 0 Å². The summed E-state index contributed by atoms with van der Waals surface area (Å²) in [5.74, 6) is 0.987. The Morgan fingerprint density at radius 3 is 2.48 bits per heavy atom. The zero-order valence-corrected chi connectivity index (χ0v) is 15.7. The number of hydrogen-bond donors (Lipinski definition) is 1. The summed E-state index contributed by atoms with van der Waals surface area (Å²) in [6.45, 7) is 7.93. The van der Waals surface area contributed by atoms with Crippen LogP contribution in [0.15, 0.2) is 4.99 Å². The van der Waals surface area contributed by atoms with E-state index in [2.05, 4.69) is 24.1 Å². The SMILES string of the molecule is CCNC(=NCC1(C)CC1)N1CCC(C(=O)OC)CC1.I. The van der Waals surface area contributed by atoms with E-state index in [-0.39, 0.29) is 35.9 Å². The van der Waals surface area contributed by atoms with Gasteiger partial charge in [-0.1, -0.05) is 6.92 Å². The number of esters is 1. The van der Waals surface area contributed by atoms with Crippen LogP contribution >= 0.6 is 24.0 Å². The highest BCUT2D eigenvalue weighted by atomic mass is 127. The molecular formula is C15H28IN3O2. The van der Waals surface area contributed by atoms with Gasteiger partial charge in [-0.05, 0) is 38.0 Å². The maximum atomic E-state index is 11.5. The van der Waals surface area contributed by atoms with Crippen LogP contribution in [0.2, 0.25) is 0 Å². The van der Waals surface area contributed by atoms with Crippen LogP contribution in [0.25, 0.3) is 0 Å². The van der Waals surface area contributed by atoms with Gasteiger partial charge in [0.2, 0.25) is 0 Å². The first-order chi connectivity index (χ1) is 9.58. The molecule has 1 heterocycles. The number of guanidine groups is 1. The minimum absolute atomic E-state index is 0. The van der Waals surface area contributed by atoms with Crippen molar-refractivity contribution in [3.05, 3.63) is 0 Å². The standard InChI is InChI=1S/C15H27N3O2.HI/c1-4-16-14(17-11-15(2)7-8-15)18-9-5-12(6-10-18)13(19)20-3;/h12H,4-11H2,1-3H3,(H,16,17);1H. The van der Waals surface area contributed by atoms with Gasteiger partial charge in [0.05, 0.1) is 13.0 Å². The van der Waals surface area contributed by atoms with E-state index in [4.69, 9.17) is 9.73 Å². The van der Waals surface area contributed by atoms with Crippen LogP contribution < -0.4 is 5.32 Å². The number of nitrogens with zero attached hydrogens (tertiary/aromatic N) is 2. The zero-order valence-electron chi connectivity index (χ0n) is 13.4. The second-order valence-corrected chi connectivity index (χ2v) is 6.27. The molecule has 0 bridgehead atoms. The molecule has 1 saturated heterocycles. The Bertz CT molecular complexity index is 375. The fourth-order valence-electron chi connectivity index (χ4n) is 2.56. The lowest BCUT2D eigenvalue weighted by Gasteiger charge is -2.33. The number of carbonyl (C=O) groups is 1. The maximum absolute atomic E-state index is 11.5. The van der Waals surface area contributed by atoms with Crippen molar-refractivity contribution in [1.82, 2.24) is 10.2 Å². The molecule has 0 amide bonds. The summed E-state index contributed by atoms with van der Waals surface area (Å²) in [6, 6.07) is 0. The van der Waals surface area contributed by atoms with Crippen LogP contribution in [0, 0.1) is 11.3 Å². The first kappa shape index (κ1) is 18.5. The van der Waals surface area contributed by atoms with Crippen molar-refractivity contribution in [3.8, 4) is 0 Å². The second kappa shape index (κ2) is 8.19. The van der Waals surface area contributed by atoms with E-state index in [0.717, 1.165) is 45.0 Å². The number of rotatable bonds is 4. The molecule has 1 aliphatic heterocycles. The lowest BCUT2D eigenvalue weighted by atomic mass is 9.97. The summed E-state index contributed by atoms with van der Waals surface area (Å²) in [5.41, 5.74) is 0.436. The summed E-state index contributed by atoms with van der Waals surface area (Å²) < 4.78 is 4.83. The fraction of sp³-hybridized carbons (Fsp3) is 0.867. The van der Waals surface area contributed by atoms with Gasteiger partial charge in [0, 0.05) is 26.2 Å². The molecule has 0 atom stereocenters. The number of methoxy groups -OCH3 is 1. The van der Waals surface area contributed by atoms with Gasteiger partial charge < -0.3 is 15.0 Å². The van der Waals surface area contributed by atoms with Crippen LogP contribution in [-0.2, 0) is 9.53 Å². The van der Waals surface area contributed by atoms with E-state index < -0.39 is 0 Å². The van der Waals surface area contributed by atoms with Crippen molar-refractivity contribution in [2.24, 2.45) is 16.3 Å². The number of ether oxygens (including phenoxy) is 1. The van der Waals surface area contributed by atoms with E-state index in [1.165, 1.54) is 20.0 Å². The van der Waals surface area contributed by atoms with Crippen molar-refractivity contribution in [1.29, 1.82) is 0 Å². The molecule has 21 heavy (non-hydrogen) atoms. The highest BCUT2D eigenvalue weighted by Crippen LogP contribution is 2.45. The number of aliphatic imine (C=N–C) groups is 1. The molecule has 1 saturated carbocycles. The first-order valence-corrected chi connectivity index (χ1v) is 7.69. The predicted molar refractivity (Wildman–Crippen MR) is 95.0 cm³/mol. The minimum Gasteiger partial charge on any atom is -0.469 e. The summed E-state index contributed by atoms with van der Waals surface area (Å²) in [4.78, 5) is 18.6. The van der Waals surface area contributed by atoms with Crippen LogP contribution in [-0.4, -0.2) is 50.1 Å². The Morgan fingerprint density at radius 2 is 2.00 bits per heavy atom. The number of halogens is 1. The van der Waals surface area contributed by atoms with Crippen LogP contribution in [0.3, 0.4) is 0 Å². The Labute approximate surface area is 144 Å². The molecule has 6 heteroatoms. The van der Waals surface area contributed by atoms with Crippen LogP contribution in [0.5, 0.6) is 0 Å². The maximum Gasteiger partial charge on any atom is 0.308 e. The molecule has 2 rings (SSSR count). The number of hydrogen-bond acceptors (Lipinski definition) is 3. The van der Waals surface area contributed by atoms with Gasteiger partial charge in [-0.15, -0.1) is 24.0 Å². The van der Waals surface area contributed by atoms with Crippen molar-refractivity contribution < 1.29 is 9.53 Å². The van der Waals surface area contributed by atoms with E-state index >= 15 is 0 Å². The molecule has 5 nitrogen and oxygen atoms in total. The third-order valence-corrected chi connectivity index (χ3v) is 4.38. The van der Waals surface area contributed by atoms with E-state index in [0.29, 0.717) is 5.41 Å². The summed E-state index contributed by atoms with van der Waals surface area (Å²) in [5, 5.41) is 3.37. The Balaban J connectivity index is 0.00000220. The molecule has 0 aromatic heterocycles. The normalized spacial score (nSPS) is 21.5. The number of nitrogens with one attached hydrogen (secondary N) is 1. The van der Waals surface area contributed by atoms with Crippen LogP contribution in [0.4, 0.5) is 0 Å². The number of carbonyl (C=O) groups excluding carboxylic acids is 1. The molecule has 0 aromatic carbocycles. The van der Waals surface area contributed by atoms with E-state index in [9.17, 15) is 4.79 Å². The monoisotopic (exact) mass is 409 g/mol. The molecule has 0 radical (unpaired) electrons. The smallest absolute Gasteiger partial charge is 0.308 e. The molecule has 1 N–H and O–H groups in total. The number of piperidine rings is 1. The Morgan fingerprint density at radius 1 is 1.38 bits per heavy atom. The molecule has 122 valence electrons. The van der Waals surface area contributed by atoms with Gasteiger partial charge in [-0.3, -0.25) is 9.79 Å². The van der Waals surface area contributed by atoms with Gasteiger partial charge in [0.1, 0.15) is 0 Å². The predicted octanol–water partition coefficient (Wildman–Crippen LogP) is 2.26. The first-order valence-electron chi connectivity index (χ1n) is 7.69. The lowest BCUT2D eigenvalue weighted by molar-refractivity contribution is -0.146. The highest BCUT2D eigenvalue weighted by molar-refractivity contribution is 14.0.